The smallest absolute Gasteiger partial charge is 0.136 e. The van der Waals surface area contributed by atoms with Crippen LogP contribution in [0.4, 0.5) is 17.1 Å². The Balaban J connectivity index is 1.05. The van der Waals surface area contributed by atoms with Gasteiger partial charge in [0.15, 0.2) is 0 Å². The first-order chi connectivity index (χ1) is 29.2. The lowest BCUT2D eigenvalue weighted by Gasteiger charge is -2.26. The Morgan fingerprint density at radius 1 is 0.322 bits per heavy atom. The summed E-state index contributed by atoms with van der Waals surface area (Å²) in [7, 11) is 0. The zero-order chi connectivity index (χ0) is 38.9. The molecule has 0 radical (unpaired) electrons. The number of nitrogens with zero attached hydrogens (tertiary/aromatic N) is 2. The maximum Gasteiger partial charge on any atom is 0.136 e. The number of para-hydroxylation sites is 2. The van der Waals surface area contributed by atoms with Gasteiger partial charge in [-0.3, -0.25) is 0 Å². The van der Waals surface area contributed by atoms with E-state index < -0.39 is 0 Å². The number of furan rings is 1. The minimum atomic E-state index is 0.868. The molecule has 0 aliphatic rings. The minimum Gasteiger partial charge on any atom is -0.456 e. The van der Waals surface area contributed by atoms with Crippen LogP contribution in [0.5, 0.6) is 0 Å². The topological polar surface area (TPSA) is 21.3 Å². The number of fused-ring (bicyclic) bond motifs is 9. The van der Waals surface area contributed by atoms with Crippen LogP contribution in [-0.4, -0.2) is 4.57 Å². The van der Waals surface area contributed by atoms with E-state index in [0.29, 0.717) is 0 Å². The van der Waals surface area contributed by atoms with Crippen molar-refractivity contribution < 1.29 is 4.42 Å². The monoisotopic (exact) mass is 752 g/mol. The molecule has 12 aromatic rings. The highest BCUT2D eigenvalue weighted by Crippen LogP contribution is 2.43. The largest absolute Gasteiger partial charge is 0.456 e. The van der Waals surface area contributed by atoms with E-state index in [1.165, 1.54) is 54.5 Å². The highest BCUT2D eigenvalue weighted by Gasteiger charge is 2.20. The van der Waals surface area contributed by atoms with E-state index in [9.17, 15) is 0 Å². The zero-order valence-electron chi connectivity index (χ0n) is 32.1. The third-order valence-corrected chi connectivity index (χ3v) is 12.0. The quantitative estimate of drug-likeness (QED) is 0.158. The molecule has 0 aliphatic heterocycles. The number of hydrogen-bond donors (Lipinski definition) is 0. The second-order valence-electron chi connectivity index (χ2n) is 15.3. The fourth-order valence-corrected chi connectivity index (χ4v) is 9.20. The fourth-order valence-electron chi connectivity index (χ4n) is 9.20. The number of aromatic nitrogens is 1. The van der Waals surface area contributed by atoms with Crippen molar-refractivity contribution in [1.82, 2.24) is 4.57 Å². The standard InChI is InChI=1S/C56H36N2O/c1-3-13-37(14-4-1)39-25-30-50-52-35-43(29-32-55(52)59-56(50)34-39)57(44-28-31-49-48-21-11-12-22-53(48)58(54(49)36-44)41-16-5-2-6-17-41)42-26-23-38(24-27-42)51-33-40-15-7-8-18-45(40)46-19-9-10-20-47(46)51/h1-36H. The van der Waals surface area contributed by atoms with Crippen molar-refractivity contribution in [2.24, 2.45) is 0 Å². The Bertz CT molecular complexity index is 3540. The molecular weight excluding hydrogens is 717 g/mol. The molecule has 0 spiro atoms. The van der Waals surface area contributed by atoms with Gasteiger partial charge in [-0.05, 0) is 123 Å². The SMILES string of the molecule is c1ccc(-c2ccc3c(c2)oc2ccc(N(c4ccc(-c5cc6ccccc6c6ccccc56)cc4)c4ccc5c6ccccc6n(-c6ccccc6)c5c4)cc23)cc1. The predicted octanol–water partition coefficient (Wildman–Crippen LogP) is 15.8. The van der Waals surface area contributed by atoms with Crippen LogP contribution in [0.2, 0.25) is 0 Å². The molecule has 0 aliphatic carbocycles. The molecule has 0 N–H and O–H groups in total. The van der Waals surface area contributed by atoms with Crippen LogP contribution in [0, 0.1) is 0 Å². The highest BCUT2D eigenvalue weighted by molar-refractivity contribution is 6.14. The van der Waals surface area contributed by atoms with Crippen LogP contribution in [0.3, 0.4) is 0 Å². The molecular formula is C56H36N2O. The average molecular weight is 753 g/mol. The van der Waals surface area contributed by atoms with Gasteiger partial charge in [0, 0.05) is 44.3 Å². The fraction of sp³-hybridized carbons (Fsp3) is 0. The lowest BCUT2D eigenvalue weighted by molar-refractivity contribution is 0.669. The molecule has 0 atom stereocenters. The maximum absolute atomic E-state index is 6.53. The van der Waals surface area contributed by atoms with Crippen molar-refractivity contribution in [1.29, 1.82) is 0 Å². The van der Waals surface area contributed by atoms with Crippen molar-refractivity contribution in [3.63, 3.8) is 0 Å². The van der Waals surface area contributed by atoms with Gasteiger partial charge in [0.1, 0.15) is 11.2 Å². The molecule has 0 unspecified atom stereocenters. The summed E-state index contributed by atoms with van der Waals surface area (Å²) in [6.07, 6.45) is 0. The van der Waals surface area contributed by atoms with E-state index in [4.69, 9.17) is 4.42 Å². The molecule has 3 nitrogen and oxygen atoms in total. The number of rotatable bonds is 6. The van der Waals surface area contributed by atoms with Gasteiger partial charge in [0.25, 0.3) is 0 Å². The van der Waals surface area contributed by atoms with E-state index in [1.807, 2.05) is 0 Å². The first kappa shape index (κ1) is 33.3. The third-order valence-electron chi connectivity index (χ3n) is 12.0. The molecule has 12 rings (SSSR count). The van der Waals surface area contributed by atoms with Crippen molar-refractivity contribution in [3.8, 4) is 27.9 Å². The van der Waals surface area contributed by atoms with Crippen molar-refractivity contribution in [2.45, 2.75) is 0 Å². The molecule has 0 fully saturated rings. The number of benzene rings is 10. The predicted molar refractivity (Wildman–Crippen MR) is 249 cm³/mol. The number of hydrogen-bond acceptors (Lipinski definition) is 2. The minimum absolute atomic E-state index is 0.868. The Morgan fingerprint density at radius 3 is 1.76 bits per heavy atom. The first-order valence-electron chi connectivity index (χ1n) is 20.2. The Hall–Kier alpha value is -7.88. The summed E-state index contributed by atoms with van der Waals surface area (Å²) < 4.78 is 8.91. The van der Waals surface area contributed by atoms with Gasteiger partial charge in [0.2, 0.25) is 0 Å². The first-order valence-corrected chi connectivity index (χ1v) is 20.2. The highest BCUT2D eigenvalue weighted by atomic mass is 16.3. The van der Waals surface area contributed by atoms with Gasteiger partial charge in [-0.1, -0.05) is 140 Å². The summed E-state index contributed by atoms with van der Waals surface area (Å²) in [4.78, 5) is 2.38. The van der Waals surface area contributed by atoms with Crippen molar-refractivity contribution >= 4 is 82.4 Å². The van der Waals surface area contributed by atoms with E-state index in [2.05, 4.69) is 228 Å². The molecule has 276 valence electrons. The molecule has 2 aromatic heterocycles. The molecule has 0 saturated heterocycles. The normalized spacial score (nSPS) is 11.7. The lowest BCUT2D eigenvalue weighted by atomic mass is 9.93. The summed E-state index contributed by atoms with van der Waals surface area (Å²) in [5.74, 6) is 0. The van der Waals surface area contributed by atoms with Gasteiger partial charge >= 0.3 is 0 Å². The summed E-state index contributed by atoms with van der Waals surface area (Å²) in [6.45, 7) is 0. The van der Waals surface area contributed by atoms with Crippen LogP contribution in [0.1, 0.15) is 0 Å². The molecule has 59 heavy (non-hydrogen) atoms. The van der Waals surface area contributed by atoms with E-state index in [-0.39, 0.29) is 0 Å². The summed E-state index contributed by atoms with van der Waals surface area (Å²) >= 11 is 0. The van der Waals surface area contributed by atoms with Gasteiger partial charge in [-0.25, -0.2) is 0 Å². The van der Waals surface area contributed by atoms with Crippen LogP contribution in [0.25, 0.3) is 93.2 Å². The maximum atomic E-state index is 6.53. The Kier molecular flexibility index (Phi) is 7.54. The second kappa shape index (κ2) is 13.4. The van der Waals surface area contributed by atoms with E-state index >= 15 is 0 Å². The Morgan fingerprint density at radius 2 is 0.932 bits per heavy atom. The molecule has 2 heterocycles. The summed E-state index contributed by atoms with van der Waals surface area (Å²) in [6, 6.07) is 78.7. The van der Waals surface area contributed by atoms with Gasteiger partial charge in [-0.2, -0.15) is 0 Å². The summed E-state index contributed by atoms with van der Waals surface area (Å²) in [5.41, 5.74) is 13.1. The van der Waals surface area contributed by atoms with Crippen LogP contribution >= 0.6 is 0 Å². The zero-order valence-corrected chi connectivity index (χ0v) is 32.1. The van der Waals surface area contributed by atoms with Crippen molar-refractivity contribution in [2.75, 3.05) is 4.90 Å². The molecule has 0 amide bonds. The molecule has 0 saturated carbocycles. The molecule has 0 bridgehead atoms. The Labute approximate surface area is 341 Å². The van der Waals surface area contributed by atoms with Crippen LogP contribution in [-0.2, 0) is 0 Å². The lowest BCUT2D eigenvalue weighted by Crippen LogP contribution is -2.10. The third kappa shape index (κ3) is 5.44. The van der Waals surface area contributed by atoms with Gasteiger partial charge in [0.05, 0.1) is 11.0 Å². The van der Waals surface area contributed by atoms with Gasteiger partial charge < -0.3 is 13.9 Å². The average Bonchev–Trinajstić information content (AvgIpc) is 3.84. The van der Waals surface area contributed by atoms with Crippen molar-refractivity contribution in [3.05, 3.63) is 218 Å². The van der Waals surface area contributed by atoms with E-state index in [1.54, 1.807) is 0 Å². The summed E-state index contributed by atoms with van der Waals surface area (Å²) in [5, 5.41) is 9.67. The number of anilines is 3. The van der Waals surface area contributed by atoms with Crippen LogP contribution in [0.15, 0.2) is 223 Å². The second-order valence-corrected chi connectivity index (χ2v) is 15.3. The molecule has 10 aromatic carbocycles. The van der Waals surface area contributed by atoms with E-state index in [0.717, 1.165) is 55.8 Å². The van der Waals surface area contributed by atoms with Crippen LogP contribution < -0.4 is 4.90 Å². The van der Waals surface area contributed by atoms with Gasteiger partial charge in [-0.15, -0.1) is 0 Å². The molecule has 3 heteroatoms.